The molecule has 194 valence electrons. The van der Waals surface area contributed by atoms with Crippen LogP contribution in [0.25, 0.3) is 0 Å². The molecule has 0 bridgehead atoms. The number of imide groups is 1. The summed E-state index contributed by atoms with van der Waals surface area (Å²) in [5.41, 5.74) is 7.76. The molecule has 0 unspecified atom stereocenters. The van der Waals surface area contributed by atoms with Crippen molar-refractivity contribution in [1.29, 1.82) is 0 Å². The van der Waals surface area contributed by atoms with Gasteiger partial charge in [-0.25, -0.2) is 9.37 Å². The van der Waals surface area contributed by atoms with Crippen LogP contribution in [0.4, 0.5) is 16.0 Å². The smallest absolute Gasteiger partial charge is 0.252 e. The number of anilines is 2. The third-order valence-electron chi connectivity index (χ3n) is 7.09. The Hall–Kier alpha value is -4.08. The molecular weight excluding hydrogens is 475 g/mol. The summed E-state index contributed by atoms with van der Waals surface area (Å²) < 4.78 is 15.7. The van der Waals surface area contributed by atoms with Gasteiger partial charge in [-0.15, -0.1) is 0 Å². The molecule has 3 amide bonds. The van der Waals surface area contributed by atoms with Crippen molar-refractivity contribution in [2.75, 3.05) is 17.7 Å². The van der Waals surface area contributed by atoms with Crippen LogP contribution in [0.3, 0.4) is 0 Å². The van der Waals surface area contributed by atoms with Gasteiger partial charge in [-0.05, 0) is 60.6 Å². The minimum absolute atomic E-state index is 0.0150. The number of amides is 3. The molecular formula is C27H31FN6O3. The topological polar surface area (TPSA) is 114 Å². The number of rotatable bonds is 8. The van der Waals surface area contributed by atoms with E-state index in [0.29, 0.717) is 29.2 Å². The Morgan fingerprint density at radius 3 is 2.57 bits per heavy atom. The van der Waals surface area contributed by atoms with Crippen LogP contribution in [0, 0.1) is 18.7 Å². The average molecular weight is 507 g/mol. The molecule has 4 rings (SSSR count). The van der Waals surface area contributed by atoms with E-state index in [1.807, 2.05) is 6.92 Å². The van der Waals surface area contributed by atoms with Crippen LogP contribution in [0.2, 0.25) is 0 Å². The minimum atomic E-state index is -0.985. The van der Waals surface area contributed by atoms with E-state index in [-0.39, 0.29) is 24.6 Å². The van der Waals surface area contributed by atoms with Gasteiger partial charge < -0.3 is 5.73 Å². The molecule has 1 fully saturated rings. The second-order valence-electron chi connectivity index (χ2n) is 9.47. The summed E-state index contributed by atoms with van der Waals surface area (Å²) in [4.78, 5) is 46.9. The van der Waals surface area contributed by atoms with Gasteiger partial charge in [0.05, 0.1) is 12.1 Å². The Balaban J connectivity index is 1.61. The number of β-lactam (4-membered cyclic amide) rings is 1. The third-order valence-corrected chi connectivity index (χ3v) is 7.09. The standard InChI is InChI=1S/C27H31FN6O3/c1-5-18(19-7-6-16(2)21(28)14-19)15-24(35)34-25(27(37)32(3)23-9-11-31-33(23)4)20(26(34)36)12-17-8-10-30-22(29)13-17/h6-11,13-14,18,20,25H,5,12,15H2,1-4H3,(H2,29,30)/t18-,20+,25-/m0/s1. The molecule has 3 atom stereocenters. The number of benzene rings is 1. The van der Waals surface area contributed by atoms with Crippen LogP contribution in [-0.2, 0) is 27.9 Å². The predicted octanol–water partition coefficient (Wildman–Crippen LogP) is 2.99. The van der Waals surface area contributed by atoms with Crippen molar-refractivity contribution in [3.63, 3.8) is 0 Å². The molecule has 0 radical (unpaired) electrons. The number of halogens is 1. The fraction of sp³-hybridized carbons (Fsp3) is 0.370. The highest BCUT2D eigenvalue weighted by Crippen LogP contribution is 2.35. The highest BCUT2D eigenvalue weighted by molar-refractivity contribution is 6.12. The largest absolute Gasteiger partial charge is 0.384 e. The lowest BCUT2D eigenvalue weighted by molar-refractivity contribution is -0.170. The number of pyridine rings is 1. The molecule has 1 aromatic carbocycles. The van der Waals surface area contributed by atoms with E-state index in [9.17, 15) is 18.8 Å². The average Bonchev–Trinajstić information content (AvgIpc) is 3.30. The number of aryl methyl sites for hydroxylation is 2. The lowest BCUT2D eigenvalue weighted by atomic mass is 9.80. The van der Waals surface area contributed by atoms with Crippen LogP contribution in [-0.4, -0.2) is 50.5 Å². The summed E-state index contributed by atoms with van der Waals surface area (Å²) >= 11 is 0. The number of hydrogen-bond donors (Lipinski definition) is 1. The van der Waals surface area contributed by atoms with Gasteiger partial charge in [-0.2, -0.15) is 5.10 Å². The van der Waals surface area contributed by atoms with E-state index in [1.54, 1.807) is 68.4 Å². The zero-order valence-corrected chi connectivity index (χ0v) is 21.4. The first-order valence-electron chi connectivity index (χ1n) is 12.2. The zero-order chi connectivity index (χ0) is 26.9. The molecule has 0 aliphatic carbocycles. The van der Waals surface area contributed by atoms with E-state index in [4.69, 9.17) is 5.73 Å². The van der Waals surface area contributed by atoms with Gasteiger partial charge in [-0.1, -0.05) is 19.1 Å². The second kappa shape index (κ2) is 10.5. The predicted molar refractivity (Wildman–Crippen MR) is 137 cm³/mol. The molecule has 3 heterocycles. The van der Waals surface area contributed by atoms with Crippen LogP contribution in [0.1, 0.15) is 42.4 Å². The summed E-state index contributed by atoms with van der Waals surface area (Å²) in [6.07, 6.45) is 3.91. The first kappa shape index (κ1) is 26.0. The molecule has 2 aromatic heterocycles. The molecule has 9 nitrogen and oxygen atoms in total. The SMILES string of the molecule is CC[C@@H](CC(=O)N1C(=O)[C@H](Cc2ccnc(N)c2)[C@H]1C(=O)N(C)c1ccnn1C)c1ccc(C)c(F)c1. The summed E-state index contributed by atoms with van der Waals surface area (Å²) in [6.45, 7) is 3.58. The molecule has 37 heavy (non-hydrogen) atoms. The Bertz CT molecular complexity index is 1340. The van der Waals surface area contributed by atoms with Crippen LogP contribution in [0.5, 0.6) is 0 Å². The van der Waals surface area contributed by atoms with Crippen molar-refractivity contribution in [2.45, 2.75) is 45.1 Å². The lowest BCUT2D eigenvalue weighted by Crippen LogP contribution is -2.69. The highest BCUT2D eigenvalue weighted by Gasteiger charge is 2.55. The molecule has 1 saturated heterocycles. The van der Waals surface area contributed by atoms with Gasteiger partial charge in [-0.3, -0.25) is 28.9 Å². The normalized spacial score (nSPS) is 17.9. The van der Waals surface area contributed by atoms with E-state index in [0.717, 1.165) is 10.5 Å². The monoisotopic (exact) mass is 506 g/mol. The Morgan fingerprint density at radius 2 is 1.95 bits per heavy atom. The van der Waals surface area contributed by atoms with Crippen LogP contribution in [0.15, 0.2) is 48.8 Å². The third kappa shape index (κ3) is 5.09. The Kier molecular flexibility index (Phi) is 7.37. The maximum absolute atomic E-state index is 14.2. The molecule has 10 heteroatoms. The number of likely N-dealkylation sites (tertiary alicyclic amines) is 1. The fourth-order valence-electron chi connectivity index (χ4n) is 4.86. The second-order valence-corrected chi connectivity index (χ2v) is 9.47. The van der Waals surface area contributed by atoms with Gasteiger partial charge in [0.15, 0.2) is 0 Å². The maximum atomic E-state index is 14.2. The number of nitrogen functional groups attached to an aromatic ring is 1. The van der Waals surface area contributed by atoms with Crippen molar-refractivity contribution >= 4 is 29.4 Å². The number of carbonyl (C=O) groups is 3. The number of aromatic nitrogens is 3. The number of nitrogens with zero attached hydrogens (tertiary/aromatic N) is 5. The van der Waals surface area contributed by atoms with Crippen molar-refractivity contribution in [3.05, 3.63) is 71.3 Å². The van der Waals surface area contributed by atoms with E-state index >= 15 is 0 Å². The van der Waals surface area contributed by atoms with Gasteiger partial charge in [0.1, 0.15) is 23.5 Å². The van der Waals surface area contributed by atoms with Gasteiger partial charge in [0, 0.05) is 32.8 Å². The summed E-state index contributed by atoms with van der Waals surface area (Å²) in [5.74, 6) is -1.79. The fourth-order valence-corrected chi connectivity index (χ4v) is 4.86. The number of nitrogens with two attached hydrogens (primary N) is 1. The first-order chi connectivity index (χ1) is 17.6. The van der Waals surface area contributed by atoms with Gasteiger partial charge in [0.2, 0.25) is 11.8 Å². The first-order valence-corrected chi connectivity index (χ1v) is 12.2. The summed E-state index contributed by atoms with van der Waals surface area (Å²) in [7, 11) is 3.30. The van der Waals surface area contributed by atoms with Crippen molar-refractivity contribution < 1.29 is 18.8 Å². The zero-order valence-electron chi connectivity index (χ0n) is 21.4. The minimum Gasteiger partial charge on any atom is -0.384 e. The Labute approximate surface area is 215 Å². The summed E-state index contributed by atoms with van der Waals surface area (Å²) in [6, 6.07) is 9.00. The van der Waals surface area contributed by atoms with Crippen LogP contribution >= 0.6 is 0 Å². The van der Waals surface area contributed by atoms with Crippen molar-refractivity contribution in [1.82, 2.24) is 19.7 Å². The quantitative estimate of drug-likeness (QED) is 0.470. The number of likely N-dealkylation sites (N-methyl/N-ethyl adjacent to an activating group) is 1. The summed E-state index contributed by atoms with van der Waals surface area (Å²) in [5, 5.41) is 4.11. The molecule has 0 saturated carbocycles. The number of carbonyl (C=O) groups excluding carboxylic acids is 3. The van der Waals surface area contributed by atoms with Crippen molar-refractivity contribution in [3.8, 4) is 0 Å². The van der Waals surface area contributed by atoms with Crippen molar-refractivity contribution in [2.24, 2.45) is 13.0 Å². The van der Waals surface area contributed by atoms with E-state index < -0.39 is 29.7 Å². The van der Waals surface area contributed by atoms with Crippen LogP contribution < -0.4 is 10.6 Å². The molecule has 3 aromatic rings. The lowest BCUT2D eigenvalue weighted by Gasteiger charge is -2.46. The molecule has 2 N–H and O–H groups in total. The molecule has 1 aliphatic heterocycles. The van der Waals surface area contributed by atoms with Gasteiger partial charge >= 0.3 is 0 Å². The van der Waals surface area contributed by atoms with Gasteiger partial charge in [0.25, 0.3) is 5.91 Å². The highest BCUT2D eigenvalue weighted by atomic mass is 19.1. The van der Waals surface area contributed by atoms with E-state index in [1.165, 1.54) is 11.0 Å². The molecule has 1 aliphatic rings. The maximum Gasteiger partial charge on any atom is 0.252 e. The number of hydrogen-bond acceptors (Lipinski definition) is 6. The molecule has 0 spiro atoms. The Morgan fingerprint density at radius 1 is 1.19 bits per heavy atom. The van der Waals surface area contributed by atoms with E-state index in [2.05, 4.69) is 10.1 Å².